The third-order valence-electron chi connectivity index (χ3n) is 6.26. The Morgan fingerprint density at radius 3 is 2.02 bits per heavy atom. The fourth-order valence-corrected chi connectivity index (χ4v) is 9.01. The molecular weight excluding hydrogens is 743 g/mol. The van der Waals surface area contributed by atoms with Gasteiger partial charge in [-0.25, -0.2) is 14.5 Å². The van der Waals surface area contributed by atoms with E-state index in [1.54, 1.807) is 21.3 Å². The predicted molar refractivity (Wildman–Crippen MR) is 177 cm³/mol. The van der Waals surface area contributed by atoms with Crippen LogP contribution in [-0.4, -0.2) is 127 Å². The molecule has 5 N–H and O–H groups in total. The van der Waals surface area contributed by atoms with Gasteiger partial charge in [-0.15, -0.1) is 46.4 Å². The summed E-state index contributed by atoms with van der Waals surface area (Å²) in [6, 6.07) is 4.11. The van der Waals surface area contributed by atoms with Crippen LogP contribution in [0.2, 0.25) is 0 Å². The minimum absolute atomic E-state index is 0.0222. The molecule has 0 bridgehead atoms. The first-order chi connectivity index (χ1) is 21.1. The van der Waals surface area contributed by atoms with E-state index in [1.165, 1.54) is 24.4 Å². The molecular formula is C22H38Cl4N6O10P3+. The van der Waals surface area contributed by atoms with Gasteiger partial charge in [-0.1, -0.05) is 0 Å². The van der Waals surface area contributed by atoms with Gasteiger partial charge in [0.05, 0.1) is 24.2 Å². The van der Waals surface area contributed by atoms with E-state index in [0.29, 0.717) is 12.0 Å². The number of alkyl halides is 4. The van der Waals surface area contributed by atoms with Gasteiger partial charge in [-0.2, -0.15) is 9.99 Å². The number of nitrogens with zero attached hydrogens (tertiary/aromatic N) is 5. The van der Waals surface area contributed by atoms with Crippen LogP contribution in [0.3, 0.4) is 0 Å². The predicted octanol–water partition coefficient (Wildman–Crippen LogP) is 3.83. The molecule has 258 valence electrons. The van der Waals surface area contributed by atoms with Gasteiger partial charge in [0.15, 0.2) is 5.75 Å². The summed E-state index contributed by atoms with van der Waals surface area (Å²) in [4.78, 5) is 40.3. The highest BCUT2D eigenvalue weighted by Crippen LogP contribution is 2.61. The zero-order chi connectivity index (χ0) is 34.3. The lowest BCUT2D eigenvalue weighted by molar-refractivity contribution is -0.385. The monoisotopic (exact) mass is 779 g/mol. The normalized spacial score (nSPS) is 14.4. The number of benzene rings is 1. The maximum atomic E-state index is 14.1. The van der Waals surface area contributed by atoms with E-state index < -0.39 is 39.6 Å². The van der Waals surface area contributed by atoms with Gasteiger partial charge in [0.25, 0.3) is 0 Å². The maximum Gasteiger partial charge on any atom is 0.554 e. The minimum Gasteiger partial charge on any atom is -0.487 e. The summed E-state index contributed by atoms with van der Waals surface area (Å²) in [5.74, 6) is 0.628. The zero-order valence-electron chi connectivity index (χ0n) is 24.3. The number of aliphatic hydroxyl groups is 1. The molecule has 16 nitrogen and oxygen atoms in total. The first kappa shape index (κ1) is 42.4. The van der Waals surface area contributed by atoms with Crippen LogP contribution in [0.25, 0.3) is 0 Å². The van der Waals surface area contributed by atoms with Crippen molar-refractivity contribution in [2.75, 3.05) is 76.4 Å². The van der Waals surface area contributed by atoms with Crippen molar-refractivity contribution in [1.82, 2.24) is 19.4 Å². The molecule has 0 saturated carbocycles. The molecule has 0 saturated heterocycles. The Balaban J connectivity index is 2.96. The summed E-state index contributed by atoms with van der Waals surface area (Å²) in [6.45, 7) is 1.07. The highest BCUT2D eigenvalue weighted by Gasteiger charge is 2.62. The summed E-state index contributed by atoms with van der Waals surface area (Å²) in [5.41, 5.74) is -0.0548. The summed E-state index contributed by atoms with van der Waals surface area (Å²) in [7, 11) is -10.9. The van der Waals surface area contributed by atoms with Crippen LogP contribution in [0.4, 0.5) is 5.69 Å². The fraction of sp³-hybridized carbons (Fsp3) is 0.682. The number of nitro benzene ring substituents is 1. The number of hydrogen-bond acceptors (Lipinski definition) is 9. The molecule has 0 aliphatic heterocycles. The van der Waals surface area contributed by atoms with Crippen LogP contribution in [0, 0.1) is 10.1 Å². The highest BCUT2D eigenvalue weighted by molar-refractivity contribution is 7.66. The molecule has 2 atom stereocenters. The number of halogens is 4. The highest BCUT2D eigenvalue weighted by atomic mass is 35.5. The molecule has 0 aliphatic rings. The lowest BCUT2D eigenvalue weighted by Gasteiger charge is -2.37. The van der Waals surface area contributed by atoms with Gasteiger partial charge in [0.2, 0.25) is 0 Å². The van der Waals surface area contributed by atoms with Crippen molar-refractivity contribution in [1.29, 1.82) is 0 Å². The summed E-state index contributed by atoms with van der Waals surface area (Å²) in [6.07, 6.45) is 0.919. The molecule has 0 heterocycles. The van der Waals surface area contributed by atoms with Gasteiger partial charge >= 0.3 is 34.0 Å². The number of nitro groups is 1. The molecule has 1 aromatic rings. The quantitative estimate of drug-likeness (QED) is 0.0252. The molecule has 0 fully saturated rings. The molecule has 0 aromatic heterocycles. The number of ether oxygens (including phenoxy) is 1. The smallest absolute Gasteiger partial charge is 0.487 e. The van der Waals surface area contributed by atoms with E-state index in [1.807, 2.05) is 0 Å². The van der Waals surface area contributed by atoms with E-state index in [0.717, 1.165) is 0 Å². The summed E-state index contributed by atoms with van der Waals surface area (Å²) in [5, 5.41) is 25.4. The van der Waals surface area contributed by atoms with Gasteiger partial charge < -0.3 is 24.5 Å². The van der Waals surface area contributed by atoms with Crippen molar-refractivity contribution in [3.63, 3.8) is 0 Å². The van der Waals surface area contributed by atoms with Gasteiger partial charge in [0, 0.05) is 74.4 Å². The number of nitrogens with one attached hydrogen (secondary N) is 1. The Morgan fingerprint density at radius 1 is 1.04 bits per heavy atom. The van der Waals surface area contributed by atoms with E-state index in [2.05, 4.69) is 10.3 Å². The van der Waals surface area contributed by atoms with Crippen LogP contribution >= 0.6 is 69.6 Å². The third-order valence-corrected chi connectivity index (χ3v) is 12.9. The standard InChI is InChI=1S/C22H37Cl4N6O10P3/c1-29(11-5-22(33,43(36)37)44(38,39)40)10-2-16-42-21-4-3-19(17-20(21)32(34)35)18-27-28-45(41,30(12-6-23)13-7-24)31(14-8-25)15-9-26/h3-4,17-18,33H,2,5-16H2,1H3,(H3-,28,36,37,38,39,40,41)/p+1/b27-18+. The van der Waals surface area contributed by atoms with Crippen LogP contribution in [0.15, 0.2) is 23.3 Å². The molecule has 45 heavy (non-hydrogen) atoms. The fourth-order valence-electron chi connectivity index (χ4n) is 3.84. The molecule has 0 aliphatic carbocycles. The van der Waals surface area contributed by atoms with Gasteiger partial charge in [-0.05, 0) is 30.2 Å². The van der Waals surface area contributed by atoms with Crippen LogP contribution in [-0.2, 0) is 13.7 Å². The van der Waals surface area contributed by atoms with E-state index in [4.69, 9.17) is 51.1 Å². The molecule has 0 radical (unpaired) electrons. The number of hydrogen-bond donors (Lipinski definition) is 5. The lowest BCUT2D eigenvalue weighted by atomic mass is 10.2. The molecule has 1 rings (SSSR count). The van der Waals surface area contributed by atoms with Gasteiger partial charge in [-0.3, -0.25) is 19.2 Å². The second-order valence-electron chi connectivity index (χ2n) is 9.40. The van der Waals surface area contributed by atoms with Crippen LogP contribution in [0.1, 0.15) is 18.4 Å². The molecule has 2 unspecified atom stereocenters. The Kier molecular flexibility index (Phi) is 19.4. The van der Waals surface area contributed by atoms with Crippen molar-refractivity contribution < 1.29 is 43.1 Å². The molecule has 1 aromatic carbocycles. The SMILES string of the molecule is CN(CCCOc1ccc(/C=N/NP(=O)(N(CCCl)CCCl)N(CCCl)CCCl)cc1[N+](=O)[O-])CCC(O)([P+](=O)O)P(=O)(O)O. The van der Waals surface area contributed by atoms with E-state index in [-0.39, 0.29) is 80.8 Å². The summed E-state index contributed by atoms with van der Waals surface area (Å²) >= 11 is 23.7. The Morgan fingerprint density at radius 2 is 1.58 bits per heavy atom. The average molecular weight is 781 g/mol. The van der Waals surface area contributed by atoms with Crippen LogP contribution < -0.4 is 9.93 Å². The van der Waals surface area contributed by atoms with Crippen molar-refractivity contribution >= 4 is 81.5 Å². The zero-order valence-corrected chi connectivity index (χ0v) is 30.0. The maximum absolute atomic E-state index is 14.1. The average Bonchev–Trinajstić information content (AvgIpc) is 2.97. The van der Waals surface area contributed by atoms with E-state index in [9.17, 15) is 43.6 Å². The van der Waals surface area contributed by atoms with Crippen molar-refractivity contribution in [3.05, 3.63) is 33.9 Å². The first-order valence-electron chi connectivity index (χ1n) is 13.3. The van der Waals surface area contributed by atoms with Crippen molar-refractivity contribution in [3.8, 4) is 5.75 Å². The van der Waals surface area contributed by atoms with E-state index >= 15 is 0 Å². The van der Waals surface area contributed by atoms with Crippen LogP contribution in [0.5, 0.6) is 5.75 Å². The Labute approximate surface area is 282 Å². The first-order valence-corrected chi connectivity index (χ1v) is 19.9. The topological polar surface area (TPSA) is 219 Å². The number of hydrazone groups is 1. The largest absolute Gasteiger partial charge is 0.554 e. The van der Waals surface area contributed by atoms with Gasteiger partial charge in [0.1, 0.15) is 0 Å². The summed E-state index contributed by atoms with van der Waals surface area (Å²) < 4.78 is 45.6. The Bertz CT molecular complexity index is 1200. The second-order valence-corrected chi connectivity index (χ2v) is 16.8. The molecule has 0 spiro atoms. The minimum atomic E-state index is -5.27. The molecule has 23 heteroatoms. The lowest BCUT2D eigenvalue weighted by Crippen LogP contribution is -2.40. The second kappa shape index (κ2) is 20.6. The number of rotatable bonds is 24. The van der Waals surface area contributed by atoms with Crippen molar-refractivity contribution in [2.45, 2.75) is 17.9 Å². The third kappa shape index (κ3) is 13.0. The van der Waals surface area contributed by atoms with Crippen molar-refractivity contribution in [2.24, 2.45) is 5.10 Å². The Hall–Kier alpha value is -0.670. The molecule has 0 amide bonds.